The highest BCUT2D eigenvalue weighted by molar-refractivity contribution is 6.12. The number of hydrogen-bond donors (Lipinski definition) is 0. The van der Waals surface area contributed by atoms with E-state index in [0.29, 0.717) is 17.5 Å². The molecule has 0 aliphatic carbocycles. The molecule has 13 rings (SSSR count). The van der Waals surface area contributed by atoms with Crippen LogP contribution in [0.1, 0.15) is 0 Å². The van der Waals surface area contributed by atoms with Gasteiger partial charge in [-0.1, -0.05) is 115 Å². The smallest absolute Gasteiger partial charge is 0.164 e. The Kier molecular flexibility index (Phi) is 8.11. The molecule has 9 aromatic carbocycles. The Morgan fingerprint density at radius 3 is 1.28 bits per heavy atom. The minimum absolute atomic E-state index is 0.571. The highest BCUT2D eigenvalue weighted by atomic mass is 16.3. The van der Waals surface area contributed by atoms with Crippen LogP contribution < -0.4 is 0 Å². The van der Waals surface area contributed by atoms with Crippen LogP contribution in [-0.2, 0) is 0 Å². The van der Waals surface area contributed by atoms with E-state index in [4.69, 9.17) is 23.8 Å². The quantitative estimate of drug-likeness (QED) is 0.166. The van der Waals surface area contributed by atoms with Crippen molar-refractivity contribution in [2.45, 2.75) is 0 Å². The van der Waals surface area contributed by atoms with Crippen molar-refractivity contribution in [3.8, 4) is 67.5 Å². The molecule has 64 heavy (non-hydrogen) atoms. The Labute approximate surface area is 366 Å². The molecule has 0 aliphatic heterocycles. The maximum atomic E-state index is 6.44. The summed E-state index contributed by atoms with van der Waals surface area (Å²) in [4.78, 5) is 19.9. The third kappa shape index (κ3) is 6.19. The first-order valence-electron chi connectivity index (χ1n) is 21.3. The zero-order valence-corrected chi connectivity index (χ0v) is 34.2. The summed E-state index contributed by atoms with van der Waals surface area (Å²) in [5.41, 5.74) is 12.3. The molecule has 13 aromatic rings. The second-order valence-electron chi connectivity index (χ2n) is 16.3. The van der Waals surface area contributed by atoms with Gasteiger partial charge in [-0.05, 0) is 128 Å². The van der Waals surface area contributed by atoms with Gasteiger partial charge in [-0.25, -0.2) is 15.0 Å². The number of pyridine rings is 1. The van der Waals surface area contributed by atoms with Gasteiger partial charge in [-0.3, -0.25) is 4.98 Å². The van der Waals surface area contributed by atoms with E-state index in [2.05, 4.69) is 157 Å². The van der Waals surface area contributed by atoms with Crippen LogP contribution in [-0.4, -0.2) is 19.9 Å². The zero-order chi connectivity index (χ0) is 42.1. The van der Waals surface area contributed by atoms with Crippen LogP contribution in [0.5, 0.6) is 0 Å². The van der Waals surface area contributed by atoms with Gasteiger partial charge in [0.1, 0.15) is 22.3 Å². The first kappa shape index (κ1) is 36.0. The van der Waals surface area contributed by atoms with Crippen LogP contribution in [0.3, 0.4) is 0 Å². The van der Waals surface area contributed by atoms with Gasteiger partial charge in [0.25, 0.3) is 0 Å². The van der Waals surface area contributed by atoms with Crippen molar-refractivity contribution in [3.63, 3.8) is 0 Å². The predicted octanol–water partition coefficient (Wildman–Crippen LogP) is 15.4. The summed E-state index contributed by atoms with van der Waals surface area (Å²) >= 11 is 0. The summed E-state index contributed by atoms with van der Waals surface area (Å²) in [6, 6.07) is 67.6. The van der Waals surface area contributed by atoms with E-state index in [1.807, 2.05) is 48.7 Å². The van der Waals surface area contributed by atoms with Crippen molar-refractivity contribution < 1.29 is 8.83 Å². The fourth-order valence-electron chi connectivity index (χ4n) is 9.10. The lowest BCUT2D eigenvalue weighted by molar-refractivity contribution is 0.669. The van der Waals surface area contributed by atoms with Gasteiger partial charge < -0.3 is 8.83 Å². The highest BCUT2D eigenvalue weighted by Crippen LogP contribution is 2.40. The van der Waals surface area contributed by atoms with Crippen LogP contribution in [0.2, 0.25) is 0 Å². The molecule has 0 fully saturated rings. The van der Waals surface area contributed by atoms with E-state index in [0.717, 1.165) is 105 Å². The molecular formula is C58H34N4O2. The number of aromatic nitrogens is 4. The minimum atomic E-state index is 0.571. The number of fused-ring (bicyclic) bond motifs is 8. The Balaban J connectivity index is 1.03. The number of hydrogen-bond acceptors (Lipinski definition) is 6. The van der Waals surface area contributed by atoms with E-state index in [1.54, 1.807) is 6.20 Å². The molecule has 0 atom stereocenters. The standard InChI is InChI=1S/C58H34N4O2/c1-2-10-35(11-3-1)56-60-57(43-17-8-16-36(24-43)44-18-9-23-59-34-44)62-58(61-56)47-26-45(41-19-21-52-48(30-41)50-28-37-12-4-6-14-39(37)32-54(50)63-52)25-46(27-47)42-20-22-53-49(31-42)51-29-38-13-5-7-15-40(38)33-55(51)64-53/h1-34H. The summed E-state index contributed by atoms with van der Waals surface area (Å²) in [5.74, 6) is 1.75. The molecule has 0 N–H and O–H groups in total. The minimum Gasteiger partial charge on any atom is -0.456 e. The third-order valence-electron chi connectivity index (χ3n) is 12.3. The Bertz CT molecular complexity index is 3790. The van der Waals surface area contributed by atoms with Gasteiger partial charge in [0.15, 0.2) is 17.5 Å². The van der Waals surface area contributed by atoms with Crippen molar-refractivity contribution in [1.82, 2.24) is 19.9 Å². The molecule has 0 saturated carbocycles. The Morgan fingerprint density at radius 1 is 0.266 bits per heavy atom. The molecule has 4 heterocycles. The summed E-state index contributed by atoms with van der Waals surface area (Å²) in [7, 11) is 0. The van der Waals surface area contributed by atoms with Gasteiger partial charge in [-0.15, -0.1) is 0 Å². The summed E-state index contributed by atoms with van der Waals surface area (Å²) in [5, 5.41) is 8.94. The van der Waals surface area contributed by atoms with Crippen LogP contribution in [0, 0.1) is 0 Å². The first-order chi connectivity index (χ1) is 31.6. The van der Waals surface area contributed by atoms with Crippen LogP contribution >= 0.6 is 0 Å². The number of furan rings is 2. The number of benzene rings is 9. The molecule has 6 nitrogen and oxygen atoms in total. The SMILES string of the molecule is c1ccc(-c2nc(-c3cccc(-c4cccnc4)c3)nc(-c3cc(-c4ccc5oc6cc7ccccc7cc6c5c4)cc(-c4ccc5oc6cc7ccccc7cc6c5c4)c3)n2)cc1. The largest absolute Gasteiger partial charge is 0.456 e. The van der Waals surface area contributed by atoms with E-state index in [1.165, 1.54) is 10.8 Å². The van der Waals surface area contributed by atoms with Gasteiger partial charge >= 0.3 is 0 Å². The van der Waals surface area contributed by atoms with Crippen LogP contribution in [0.4, 0.5) is 0 Å². The highest BCUT2D eigenvalue weighted by Gasteiger charge is 2.18. The van der Waals surface area contributed by atoms with E-state index in [-0.39, 0.29) is 0 Å². The molecule has 0 aliphatic rings. The molecule has 0 radical (unpaired) electrons. The van der Waals surface area contributed by atoms with E-state index < -0.39 is 0 Å². The van der Waals surface area contributed by atoms with E-state index >= 15 is 0 Å². The number of nitrogens with zero attached hydrogens (tertiary/aromatic N) is 4. The Hall–Kier alpha value is -8.74. The van der Waals surface area contributed by atoms with Crippen molar-refractivity contribution in [1.29, 1.82) is 0 Å². The molecule has 4 aromatic heterocycles. The Morgan fingerprint density at radius 2 is 0.703 bits per heavy atom. The zero-order valence-electron chi connectivity index (χ0n) is 34.2. The van der Waals surface area contributed by atoms with Crippen LogP contribution in [0.15, 0.2) is 215 Å². The van der Waals surface area contributed by atoms with Crippen LogP contribution in [0.25, 0.3) is 133 Å². The monoisotopic (exact) mass is 818 g/mol. The third-order valence-corrected chi connectivity index (χ3v) is 12.3. The lowest BCUT2D eigenvalue weighted by Gasteiger charge is -2.13. The van der Waals surface area contributed by atoms with E-state index in [9.17, 15) is 0 Å². The maximum Gasteiger partial charge on any atom is 0.164 e. The first-order valence-corrected chi connectivity index (χ1v) is 21.3. The average molecular weight is 819 g/mol. The molecule has 0 unspecified atom stereocenters. The summed E-state index contributed by atoms with van der Waals surface area (Å²) < 4.78 is 12.9. The molecule has 0 bridgehead atoms. The predicted molar refractivity (Wildman–Crippen MR) is 260 cm³/mol. The second-order valence-corrected chi connectivity index (χ2v) is 16.3. The van der Waals surface area contributed by atoms with Crippen molar-refractivity contribution >= 4 is 65.4 Å². The fraction of sp³-hybridized carbons (Fsp3) is 0. The van der Waals surface area contributed by atoms with Crippen molar-refractivity contribution in [2.24, 2.45) is 0 Å². The molecular weight excluding hydrogens is 785 g/mol. The molecule has 0 amide bonds. The lowest BCUT2D eigenvalue weighted by Crippen LogP contribution is -2.00. The van der Waals surface area contributed by atoms with Gasteiger partial charge in [-0.2, -0.15) is 0 Å². The second kappa shape index (κ2) is 14.4. The summed E-state index contributed by atoms with van der Waals surface area (Å²) in [6.45, 7) is 0. The normalized spacial score (nSPS) is 11.8. The fourth-order valence-corrected chi connectivity index (χ4v) is 9.10. The van der Waals surface area contributed by atoms with Gasteiger partial charge in [0.05, 0.1) is 0 Å². The number of rotatable bonds is 6. The summed E-state index contributed by atoms with van der Waals surface area (Å²) in [6.07, 6.45) is 3.66. The topological polar surface area (TPSA) is 77.8 Å². The average Bonchev–Trinajstić information content (AvgIpc) is 3.91. The molecule has 298 valence electrons. The maximum absolute atomic E-state index is 6.44. The molecule has 6 heteroatoms. The van der Waals surface area contributed by atoms with Gasteiger partial charge in [0, 0.05) is 56.2 Å². The molecule has 0 saturated heterocycles. The molecule has 0 spiro atoms. The lowest BCUT2D eigenvalue weighted by atomic mass is 9.94. The van der Waals surface area contributed by atoms with Crippen molar-refractivity contribution in [2.75, 3.05) is 0 Å². The van der Waals surface area contributed by atoms with Crippen molar-refractivity contribution in [3.05, 3.63) is 207 Å². The van der Waals surface area contributed by atoms with Gasteiger partial charge in [0.2, 0.25) is 0 Å².